The van der Waals surface area contributed by atoms with Gasteiger partial charge in [0.05, 0.1) is 5.92 Å². The highest BCUT2D eigenvalue weighted by atomic mass is 16.2. The standard InChI is InChI=1S/C17H24N2O/c1-3-19(14-6-4-5-11(2)9-14)17(20)15-12-7-8-13(10-12)16(15)18/h4-6,9,12-13,15-16H,3,7-8,10,18H2,1-2H3. The molecule has 0 saturated heterocycles. The minimum absolute atomic E-state index is 0.0363. The van der Waals surface area contributed by atoms with E-state index in [1.807, 2.05) is 24.0 Å². The second-order valence-electron chi connectivity index (χ2n) is 6.36. The average Bonchev–Trinajstić information content (AvgIpc) is 3.00. The molecule has 2 aliphatic rings. The predicted octanol–water partition coefficient (Wildman–Crippen LogP) is 2.72. The number of hydrogen-bond donors (Lipinski definition) is 1. The SMILES string of the molecule is CCN(C(=O)C1C2CCC(C2)C1N)c1cccc(C)c1. The van der Waals surface area contributed by atoms with Crippen molar-refractivity contribution in [1.82, 2.24) is 0 Å². The van der Waals surface area contributed by atoms with Gasteiger partial charge in [-0.15, -0.1) is 0 Å². The van der Waals surface area contributed by atoms with Crippen molar-refractivity contribution in [1.29, 1.82) is 0 Å². The van der Waals surface area contributed by atoms with Crippen molar-refractivity contribution < 1.29 is 4.79 Å². The van der Waals surface area contributed by atoms with Crippen LogP contribution in [0.15, 0.2) is 24.3 Å². The van der Waals surface area contributed by atoms with Gasteiger partial charge in [-0.3, -0.25) is 4.79 Å². The van der Waals surface area contributed by atoms with Gasteiger partial charge in [-0.1, -0.05) is 12.1 Å². The van der Waals surface area contributed by atoms with E-state index in [1.165, 1.54) is 18.4 Å². The van der Waals surface area contributed by atoms with Gasteiger partial charge in [0, 0.05) is 18.3 Å². The summed E-state index contributed by atoms with van der Waals surface area (Å²) < 4.78 is 0. The second-order valence-corrected chi connectivity index (χ2v) is 6.36. The first-order valence-corrected chi connectivity index (χ1v) is 7.75. The Balaban J connectivity index is 1.84. The van der Waals surface area contributed by atoms with Gasteiger partial charge in [0.1, 0.15) is 0 Å². The van der Waals surface area contributed by atoms with Crippen LogP contribution < -0.4 is 10.6 Å². The molecule has 0 spiro atoms. The van der Waals surface area contributed by atoms with E-state index in [0.29, 0.717) is 18.4 Å². The monoisotopic (exact) mass is 272 g/mol. The van der Waals surface area contributed by atoms with Gasteiger partial charge < -0.3 is 10.6 Å². The first-order valence-electron chi connectivity index (χ1n) is 7.75. The van der Waals surface area contributed by atoms with Crippen LogP contribution in [0.1, 0.15) is 31.7 Å². The van der Waals surface area contributed by atoms with E-state index in [4.69, 9.17) is 5.73 Å². The van der Waals surface area contributed by atoms with Crippen LogP contribution in [-0.4, -0.2) is 18.5 Å². The number of amides is 1. The molecule has 0 radical (unpaired) electrons. The molecule has 2 aliphatic carbocycles. The van der Waals surface area contributed by atoms with E-state index in [2.05, 4.69) is 19.1 Å². The van der Waals surface area contributed by atoms with Crippen LogP contribution >= 0.6 is 0 Å². The third kappa shape index (κ3) is 2.14. The quantitative estimate of drug-likeness (QED) is 0.919. The van der Waals surface area contributed by atoms with Crippen molar-refractivity contribution in [3.8, 4) is 0 Å². The average molecular weight is 272 g/mol. The van der Waals surface area contributed by atoms with Crippen molar-refractivity contribution in [3.05, 3.63) is 29.8 Å². The van der Waals surface area contributed by atoms with Crippen LogP contribution in [0, 0.1) is 24.7 Å². The fourth-order valence-corrected chi connectivity index (χ4v) is 4.14. The molecule has 2 fully saturated rings. The molecule has 0 aliphatic heterocycles. The molecule has 2 bridgehead atoms. The van der Waals surface area contributed by atoms with Crippen LogP contribution in [0.25, 0.3) is 0 Å². The highest BCUT2D eigenvalue weighted by Gasteiger charge is 2.50. The maximum atomic E-state index is 12.9. The summed E-state index contributed by atoms with van der Waals surface area (Å²) in [5, 5.41) is 0. The lowest BCUT2D eigenvalue weighted by atomic mass is 9.84. The van der Waals surface area contributed by atoms with Gasteiger partial charge in [0.25, 0.3) is 0 Å². The van der Waals surface area contributed by atoms with Crippen molar-refractivity contribution >= 4 is 11.6 Å². The molecule has 2 saturated carbocycles. The van der Waals surface area contributed by atoms with Crippen molar-refractivity contribution in [3.63, 3.8) is 0 Å². The smallest absolute Gasteiger partial charge is 0.231 e. The lowest BCUT2D eigenvalue weighted by molar-refractivity contribution is -0.124. The number of rotatable bonds is 3. The Bertz CT molecular complexity index is 511. The maximum Gasteiger partial charge on any atom is 0.231 e. The zero-order valence-electron chi connectivity index (χ0n) is 12.4. The lowest BCUT2D eigenvalue weighted by Crippen LogP contribution is -2.47. The number of benzene rings is 1. The van der Waals surface area contributed by atoms with Crippen LogP contribution in [0.5, 0.6) is 0 Å². The lowest BCUT2D eigenvalue weighted by Gasteiger charge is -2.32. The van der Waals surface area contributed by atoms with E-state index in [-0.39, 0.29) is 17.9 Å². The minimum atomic E-state index is 0.0363. The van der Waals surface area contributed by atoms with E-state index >= 15 is 0 Å². The summed E-state index contributed by atoms with van der Waals surface area (Å²) in [5.41, 5.74) is 8.51. The number of nitrogens with two attached hydrogens (primary N) is 1. The molecule has 1 aromatic carbocycles. The van der Waals surface area contributed by atoms with Crippen molar-refractivity contribution in [2.24, 2.45) is 23.5 Å². The molecule has 3 rings (SSSR count). The van der Waals surface area contributed by atoms with Gasteiger partial charge in [0.2, 0.25) is 5.91 Å². The molecule has 0 aromatic heterocycles. The molecule has 1 amide bonds. The van der Waals surface area contributed by atoms with Gasteiger partial charge in [0.15, 0.2) is 0 Å². The summed E-state index contributed by atoms with van der Waals surface area (Å²) in [6, 6.07) is 8.25. The topological polar surface area (TPSA) is 46.3 Å². The molecule has 3 nitrogen and oxygen atoms in total. The predicted molar refractivity (Wildman–Crippen MR) is 81.5 cm³/mol. The normalized spacial score (nSPS) is 31.6. The molecular weight excluding hydrogens is 248 g/mol. The summed E-state index contributed by atoms with van der Waals surface area (Å²) >= 11 is 0. The van der Waals surface area contributed by atoms with Gasteiger partial charge in [-0.05, 0) is 62.6 Å². The van der Waals surface area contributed by atoms with Crippen LogP contribution in [0.4, 0.5) is 5.69 Å². The Morgan fingerprint density at radius 2 is 2.10 bits per heavy atom. The Labute approximate surface area is 121 Å². The van der Waals surface area contributed by atoms with Crippen LogP contribution in [-0.2, 0) is 4.79 Å². The van der Waals surface area contributed by atoms with Gasteiger partial charge in [-0.25, -0.2) is 0 Å². The first-order chi connectivity index (χ1) is 9.61. The minimum Gasteiger partial charge on any atom is -0.327 e. The molecule has 4 unspecified atom stereocenters. The highest BCUT2D eigenvalue weighted by Crippen LogP contribution is 2.48. The van der Waals surface area contributed by atoms with E-state index < -0.39 is 0 Å². The van der Waals surface area contributed by atoms with Crippen molar-refractivity contribution in [2.45, 2.75) is 39.2 Å². The number of carbonyl (C=O) groups excluding carboxylic acids is 1. The molecule has 2 N–H and O–H groups in total. The number of aryl methyl sites for hydroxylation is 1. The van der Waals surface area contributed by atoms with Gasteiger partial charge in [-0.2, -0.15) is 0 Å². The summed E-state index contributed by atoms with van der Waals surface area (Å²) in [6.07, 6.45) is 3.55. The number of fused-ring (bicyclic) bond motifs is 2. The molecule has 0 heterocycles. The number of anilines is 1. The Morgan fingerprint density at radius 3 is 2.70 bits per heavy atom. The van der Waals surface area contributed by atoms with Crippen molar-refractivity contribution in [2.75, 3.05) is 11.4 Å². The zero-order valence-corrected chi connectivity index (χ0v) is 12.4. The fourth-order valence-electron chi connectivity index (χ4n) is 4.14. The number of hydrogen-bond acceptors (Lipinski definition) is 2. The largest absolute Gasteiger partial charge is 0.327 e. The Hall–Kier alpha value is -1.35. The Morgan fingerprint density at radius 1 is 1.35 bits per heavy atom. The first kappa shape index (κ1) is 13.6. The van der Waals surface area contributed by atoms with Crippen LogP contribution in [0.2, 0.25) is 0 Å². The molecule has 1 aromatic rings. The summed E-state index contributed by atoms with van der Waals surface area (Å²) in [5.74, 6) is 1.36. The van der Waals surface area contributed by atoms with Crippen LogP contribution in [0.3, 0.4) is 0 Å². The molecule has 4 atom stereocenters. The third-order valence-electron chi connectivity index (χ3n) is 5.16. The zero-order chi connectivity index (χ0) is 14.3. The molecular formula is C17H24N2O. The fraction of sp³-hybridized carbons (Fsp3) is 0.588. The molecule has 108 valence electrons. The second kappa shape index (κ2) is 5.21. The summed E-state index contributed by atoms with van der Waals surface area (Å²) in [4.78, 5) is 14.8. The van der Waals surface area contributed by atoms with Gasteiger partial charge >= 0.3 is 0 Å². The maximum absolute atomic E-state index is 12.9. The van der Waals surface area contributed by atoms with E-state index in [0.717, 1.165) is 12.1 Å². The molecule has 20 heavy (non-hydrogen) atoms. The number of carbonyl (C=O) groups is 1. The number of nitrogens with zero attached hydrogens (tertiary/aromatic N) is 1. The van der Waals surface area contributed by atoms with E-state index in [9.17, 15) is 4.79 Å². The summed E-state index contributed by atoms with van der Waals surface area (Å²) in [7, 11) is 0. The summed E-state index contributed by atoms with van der Waals surface area (Å²) in [6.45, 7) is 4.81. The van der Waals surface area contributed by atoms with E-state index in [1.54, 1.807) is 0 Å². The Kier molecular flexibility index (Phi) is 3.55. The third-order valence-corrected chi connectivity index (χ3v) is 5.16. The molecule has 3 heteroatoms. The highest BCUT2D eigenvalue weighted by molar-refractivity contribution is 5.96.